The van der Waals surface area contributed by atoms with E-state index < -0.39 is 0 Å². The minimum atomic E-state index is -0.367. The second kappa shape index (κ2) is 6.24. The summed E-state index contributed by atoms with van der Waals surface area (Å²) in [6, 6.07) is 9.88. The van der Waals surface area contributed by atoms with Crippen LogP contribution in [0.25, 0.3) is 0 Å². The molecule has 3 rings (SSSR count). The number of carbonyl (C=O) groups excluding carboxylic acids is 2. The van der Waals surface area contributed by atoms with E-state index in [1.165, 1.54) is 4.68 Å². The number of anilines is 1. The molecule has 120 valence electrons. The van der Waals surface area contributed by atoms with Crippen molar-refractivity contribution in [3.63, 3.8) is 0 Å². The SMILES string of the molecule is CCOC(=O)Cn1nc(C)c2c1NC(=O)C[C@@H]2c1ccccc1. The average molecular weight is 313 g/mol. The summed E-state index contributed by atoms with van der Waals surface area (Å²) in [6.07, 6.45) is 0.378. The van der Waals surface area contributed by atoms with Gasteiger partial charge in [0, 0.05) is 17.9 Å². The lowest BCUT2D eigenvalue weighted by atomic mass is 9.86. The first-order chi connectivity index (χ1) is 11.1. The number of fused-ring (bicyclic) bond motifs is 1. The topological polar surface area (TPSA) is 73.2 Å². The number of hydrogen-bond donors (Lipinski definition) is 1. The molecule has 0 spiro atoms. The van der Waals surface area contributed by atoms with E-state index in [0.29, 0.717) is 18.8 Å². The summed E-state index contributed by atoms with van der Waals surface area (Å²) in [4.78, 5) is 23.9. The van der Waals surface area contributed by atoms with Crippen LogP contribution in [0.5, 0.6) is 0 Å². The molecule has 2 aromatic rings. The molecule has 0 radical (unpaired) electrons. The van der Waals surface area contributed by atoms with Crippen LogP contribution in [0.3, 0.4) is 0 Å². The van der Waals surface area contributed by atoms with E-state index in [9.17, 15) is 9.59 Å². The highest BCUT2D eigenvalue weighted by atomic mass is 16.5. The largest absolute Gasteiger partial charge is 0.465 e. The predicted octanol–water partition coefficient (Wildman–Crippen LogP) is 2.23. The molecule has 2 heterocycles. The minimum Gasteiger partial charge on any atom is -0.465 e. The number of aromatic nitrogens is 2. The lowest BCUT2D eigenvalue weighted by Gasteiger charge is -2.24. The van der Waals surface area contributed by atoms with Crippen LogP contribution >= 0.6 is 0 Å². The summed E-state index contributed by atoms with van der Waals surface area (Å²) in [7, 11) is 0. The van der Waals surface area contributed by atoms with Crippen molar-refractivity contribution in [2.75, 3.05) is 11.9 Å². The lowest BCUT2D eigenvalue weighted by Crippen LogP contribution is -2.26. The second-order valence-electron chi connectivity index (χ2n) is 5.53. The first-order valence-electron chi connectivity index (χ1n) is 7.67. The standard InChI is InChI=1S/C17H19N3O3/c1-3-23-15(22)10-20-17-16(11(2)19-20)13(9-14(21)18-17)12-7-5-4-6-8-12/h4-8,13H,3,9-10H2,1-2H3,(H,18,21)/t13-/m1/s1. The van der Waals surface area contributed by atoms with E-state index in [4.69, 9.17) is 4.74 Å². The van der Waals surface area contributed by atoms with Gasteiger partial charge in [-0.15, -0.1) is 0 Å². The smallest absolute Gasteiger partial charge is 0.327 e. The van der Waals surface area contributed by atoms with Crippen molar-refractivity contribution in [3.05, 3.63) is 47.2 Å². The molecule has 1 aliphatic rings. The molecular weight excluding hydrogens is 294 g/mol. The maximum absolute atomic E-state index is 12.1. The van der Waals surface area contributed by atoms with Gasteiger partial charge in [-0.2, -0.15) is 5.10 Å². The number of amides is 1. The lowest BCUT2D eigenvalue weighted by molar-refractivity contribution is -0.144. The molecule has 0 unspecified atom stereocenters. The fourth-order valence-electron chi connectivity index (χ4n) is 3.03. The van der Waals surface area contributed by atoms with Crippen molar-refractivity contribution in [1.82, 2.24) is 9.78 Å². The van der Waals surface area contributed by atoms with Crippen molar-refractivity contribution in [1.29, 1.82) is 0 Å². The monoisotopic (exact) mass is 313 g/mol. The molecule has 0 bridgehead atoms. The number of nitrogens with zero attached hydrogens (tertiary/aromatic N) is 2. The first-order valence-corrected chi connectivity index (χ1v) is 7.67. The summed E-state index contributed by atoms with van der Waals surface area (Å²) in [6.45, 7) is 3.97. The molecule has 23 heavy (non-hydrogen) atoms. The van der Waals surface area contributed by atoms with Crippen LogP contribution in [-0.4, -0.2) is 28.3 Å². The normalized spacial score (nSPS) is 16.6. The van der Waals surface area contributed by atoms with E-state index in [0.717, 1.165) is 16.8 Å². The Morgan fingerprint density at radius 3 is 2.83 bits per heavy atom. The Hall–Kier alpha value is -2.63. The highest BCUT2D eigenvalue weighted by Gasteiger charge is 2.32. The van der Waals surface area contributed by atoms with Crippen LogP contribution in [0, 0.1) is 6.92 Å². The first kappa shape index (κ1) is 15.3. The number of hydrogen-bond acceptors (Lipinski definition) is 4. The van der Waals surface area contributed by atoms with E-state index in [1.807, 2.05) is 37.3 Å². The van der Waals surface area contributed by atoms with Gasteiger partial charge >= 0.3 is 5.97 Å². The van der Waals surface area contributed by atoms with E-state index in [-0.39, 0.29) is 24.3 Å². The Kier molecular flexibility index (Phi) is 4.14. The predicted molar refractivity (Wildman–Crippen MR) is 85.1 cm³/mol. The van der Waals surface area contributed by atoms with Crippen molar-refractivity contribution in [3.8, 4) is 0 Å². The number of ether oxygens (including phenoxy) is 1. The minimum absolute atomic E-state index is 0.00813. The average Bonchev–Trinajstić information content (AvgIpc) is 2.83. The van der Waals surface area contributed by atoms with Crippen molar-refractivity contribution < 1.29 is 14.3 Å². The van der Waals surface area contributed by atoms with Gasteiger partial charge in [0.05, 0.1) is 12.3 Å². The van der Waals surface area contributed by atoms with Crippen LogP contribution in [-0.2, 0) is 20.9 Å². The molecule has 6 heteroatoms. The van der Waals surface area contributed by atoms with Crippen LogP contribution < -0.4 is 5.32 Å². The van der Waals surface area contributed by atoms with E-state index >= 15 is 0 Å². The number of esters is 1. The number of aryl methyl sites for hydroxylation is 1. The Labute approximate surface area is 134 Å². The van der Waals surface area contributed by atoms with Gasteiger partial charge in [0.2, 0.25) is 5.91 Å². The quantitative estimate of drug-likeness (QED) is 0.879. The molecular formula is C17H19N3O3. The van der Waals surface area contributed by atoms with Gasteiger partial charge in [-0.3, -0.25) is 9.59 Å². The number of rotatable bonds is 4. The van der Waals surface area contributed by atoms with Crippen LogP contribution in [0.15, 0.2) is 30.3 Å². The van der Waals surface area contributed by atoms with Crippen molar-refractivity contribution >= 4 is 17.7 Å². The molecule has 1 N–H and O–H groups in total. The highest BCUT2D eigenvalue weighted by Crippen LogP contribution is 2.38. The van der Waals surface area contributed by atoms with Gasteiger partial charge in [-0.05, 0) is 19.4 Å². The van der Waals surface area contributed by atoms with Gasteiger partial charge in [0.15, 0.2) is 0 Å². The van der Waals surface area contributed by atoms with Gasteiger partial charge in [0.25, 0.3) is 0 Å². The van der Waals surface area contributed by atoms with Crippen LogP contribution in [0.4, 0.5) is 5.82 Å². The highest BCUT2D eigenvalue weighted by molar-refractivity contribution is 5.94. The van der Waals surface area contributed by atoms with Gasteiger partial charge < -0.3 is 10.1 Å². The zero-order valence-corrected chi connectivity index (χ0v) is 13.2. The molecule has 1 amide bonds. The molecule has 6 nitrogen and oxygen atoms in total. The van der Waals surface area contributed by atoms with E-state index in [2.05, 4.69) is 10.4 Å². The van der Waals surface area contributed by atoms with Gasteiger partial charge in [0.1, 0.15) is 12.4 Å². The third-order valence-corrected chi connectivity index (χ3v) is 3.96. The fourth-order valence-corrected chi connectivity index (χ4v) is 3.03. The van der Waals surface area contributed by atoms with Crippen LogP contribution in [0.1, 0.15) is 36.1 Å². The van der Waals surface area contributed by atoms with Gasteiger partial charge in [-0.1, -0.05) is 30.3 Å². The zero-order valence-electron chi connectivity index (χ0n) is 13.2. The number of benzene rings is 1. The summed E-state index contributed by atoms with van der Waals surface area (Å²) < 4.78 is 6.50. The Morgan fingerprint density at radius 1 is 1.39 bits per heavy atom. The maximum Gasteiger partial charge on any atom is 0.327 e. The fraction of sp³-hybridized carbons (Fsp3) is 0.353. The van der Waals surface area contributed by atoms with Crippen LogP contribution in [0.2, 0.25) is 0 Å². The molecule has 1 aromatic carbocycles. The molecule has 0 fully saturated rings. The third-order valence-electron chi connectivity index (χ3n) is 3.96. The van der Waals surface area contributed by atoms with Gasteiger partial charge in [-0.25, -0.2) is 4.68 Å². The Bertz CT molecular complexity index is 737. The van der Waals surface area contributed by atoms with Crippen molar-refractivity contribution in [2.45, 2.75) is 32.7 Å². The molecule has 0 aliphatic carbocycles. The Balaban J connectivity index is 2.00. The van der Waals surface area contributed by atoms with E-state index in [1.54, 1.807) is 6.92 Å². The number of carbonyl (C=O) groups is 2. The maximum atomic E-state index is 12.1. The molecule has 0 saturated carbocycles. The van der Waals surface area contributed by atoms with Crippen molar-refractivity contribution in [2.24, 2.45) is 0 Å². The molecule has 0 saturated heterocycles. The molecule has 1 atom stereocenters. The second-order valence-corrected chi connectivity index (χ2v) is 5.53. The summed E-state index contributed by atoms with van der Waals surface area (Å²) in [5.74, 6) is 0.113. The summed E-state index contributed by atoms with van der Waals surface area (Å²) in [5.41, 5.74) is 2.86. The Morgan fingerprint density at radius 2 is 2.13 bits per heavy atom. The number of nitrogens with one attached hydrogen (secondary N) is 1. The third kappa shape index (κ3) is 2.97. The summed E-state index contributed by atoms with van der Waals surface area (Å²) >= 11 is 0. The molecule has 1 aromatic heterocycles. The summed E-state index contributed by atoms with van der Waals surface area (Å²) in [5, 5.41) is 7.28. The molecule has 1 aliphatic heterocycles. The zero-order chi connectivity index (χ0) is 16.4.